The molecular weight excluding hydrogens is 532 g/mol. The first-order valence-electron chi connectivity index (χ1n) is 14.2. The van der Waals surface area contributed by atoms with Crippen LogP contribution in [-0.4, -0.2) is 70.2 Å². The first-order valence-corrected chi connectivity index (χ1v) is 14.2. The zero-order valence-corrected chi connectivity index (χ0v) is 24.3. The smallest absolute Gasteiger partial charge is 0.323 e. The van der Waals surface area contributed by atoms with Crippen LogP contribution in [0.1, 0.15) is 37.5 Å². The summed E-state index contributed by atoms with van der Waals surface area (Å²) < 4.78 is 6.64. The molecule has 3 amide bonds. The van der Waals surface area contributed by atoms with E-state index in [-0.39, 0.29) is 37.0 Å². The van der Waals surface area contributed by atoms with E-state index >= 15 is 0 Å². The normalized spacial score (nSPS) is 17.6. The molecule has 2 aromatic carbocycles. The molecule has 3 aromatic rings. The zero-order valence-electron chi connectivity index (χ0n) is 24.3. The highest BCUT2D eigenvalue weighted by Crippen LogP contribution is 2.29. The molecule has 1 aliphatic heterocycles. The maximum absolute atomic E-state index is 13.5. The first-order chi connectivity index (χ1) is 20.3. The molecule has 0 saturated carbocycles. The fourth-order valence-electron chi connectivity index (χ4n) is 4.95. The number of pyridine rings is 1. The number of hydrogen-bond acceptors (Lipinski definition) is 7. The van der Waals surface area contributed by atoms with Crippen molar-refractivity contribution in [3.63, 3.8) is 0 Å². The van der Waals surface area contributed by atoms with Gasteiger partial charge in [-0.05, 0) is 73.6 Å². The molecule has 1 unspecified atom stereocenters. The largest absolute Gasteiger partial charge is 0.488 e. The number of aromatic nitrogens is 1. The van der Waals surface area contributed by atoms with Crippen LogP contribution < -0.4 is 15.4 Å². The third-order valence-electron chi connectivity index (χ3n) is 7.49. The summed E-state index contributed by atoms with van der Waals surface area (Å²) in [4.78, 5) is 34.3. The van der Waals surface area contributed by atoms with Gasteiger partial charge in [-0.1, -0.05) is 13.8 Å². The van der Waals surface area contributed by atoms with Crippen molar-refractivity contribution in [2.45, 2.75) is 45.9 Å². The Bertz CT molecular complexity index is 1390. The van der Waals surface area contributed by atoms with Gasteiger partial charge in [-0.2, -0.15) is 5.26 Å². The number of aliphatic hydroxyl groups is 1. The number of nitrogens with zero attached hydrogens (tertiary/aromatic N) is 4. The molecule has 0 spiro atoms. The average Bonchev–Trinajstić information content (AvgIpc) is 3.04. The van der Waals surface area contributed by atoms with Crippen molar-refractivity contribution in [3.05, 3.63) is 83.7 Å². The number of hydrogen-bond donors (Lipinski definition) is 3. The van der Waals surface area contributed by atoms with Crippen LogP contribution in [-0.2, 0) is 17.8 Å². The molecule has 0 saturated heterocycles. The molecule has 10 heteroatoms. The van der Waals surface area contributed by atoms with E-state index < -0.39 is 6.03 Å². The molecule has 2 heterocycles. The summed E-state index contributed by atoms with van der Waals surface area (Å²) in [5.41, 5.74) is 3.37. The van der Waals surface area contributed by atoms with Gasteiger partial charge in [0.2, 0.25) is 5.91 Å². The van der Waals surface area contributed by atoms with Crippen molar-refractivity contribution in [2.75, 3.05) is 36.9 Å². The third-order valence-corrected chi connectivity index (χ3v) is 7.49. The summed E-state index contributed by atoms with van der Waals surface area (Å²) >= 11 is 0. The third kappa shape index (κ3) is 8.06. The number of fused-ring (bicyclic) bond motifs is 1. The van der Waals surface area contributed by atoms with Gasteiger partial charge < -0.3 is 25.4 Å². The van der Waals surface area contributed by atoms with Gasteiger partial charge in [-0.15, -0.1) is 0 Å². The molecule has 3 N–H and O–H groups in total. The summed E-state index contributed by atoms with van der Waals surface area (Å²) in [7, 11) is 0. The van der Waals surface area contributed by atoms with Crippen LogP contribution in [0.15, 0.2) is 67.0 Å². The summed E-state index contributed by atoms with van der Waals surface area (Å²) in [5.74, 6) is 0.463. The van der Waals surface area contributed by atoms with E-state index in [4.69, 9.17) is 10.00 Å². The lowest BCUT2D eigenvalue weighted by atomic mass is 10.0. The summed E-state index contributed by atoms with van der Waals surface area (Å²) in [6, 6.07) is 17.1. The molecule has 3 atom stereocenters. The van der Waals surface area contributed by atoms with Crippen LogP contribution >= 0.6 is 0 Å². The van der Waals surface area contributed by atoms with E-state index in [2.05, 4.69) is 34.4 Å². The van der Waals surface area contributed by atoms with Gasteiger partial charge in [0, 0.05) is 54.9 Å². The van der Waals surface area contributed by atoms with E-state index in [1.54, 1.807) is 59.8 Å². The number of rotatable bonds is 9. The van der Waals surface area contributed by atoms with Crippen molar-refractivity contribution in [1.82, 2.24) is 14.8 Å². The predicted octanol–water partition coefficient (Wildman–Crippen LogP) is 4.27. The minimum absolute atomic E-state index is 0.0172. The van der Waals surface area contributed by atoms with Gasteiger partial charge >= 0.3 is 6.03 Å². The van der Waals surface area contributed by atoms with Crippen LogP contribution in [0.4, 0.5) is 16.2 Å². The number of likely N-dealkylation sites (N-methyl/N-ethyl adjacent to an activating group) is 1. The van der Waals surface area contributed by atoms with E-state index in [1.165, 1.54) is 0 Å². The van der Waals surface area contributed by atoms with E-state index in [1.807, 2.05) is 25.1 Å². The molecule has 1 aliphatic rings. The summed E-state index contributed by atoms with van der Waals surface area (Å²) in [5, 5.41) is 24.5. The summed E-state index contributed by atoms with van der Waals surface area (Å²) in [6.45, 7) is 8.53. The first kappa shape index (κ1) is 30.5. The van der Waals surface area contributed by atoms with Crippen LogP contribution in [0.3, 0.4) is 0 Å². The molecule has 42 heavy (non-hydrogen) atoms. The number of carbonyl (C=O) groups excluding carboxylic acids is 2. The van der Waals surface area contributed by atoms with Crippen molar-refractivity contribution < 1.29 is 19.4 Å². The van der Waals surface area contributed by atoms with Crippen LogP contribution in [0, 0.1) is 17.2 Å². The molecular formula is C32H38N6O4. The van der Waals surface area contributed by atoms with Gasteiger partial charge in [-0.3, -0.25) is 14.7 Å². The van der Waals surface area contributed by atoms with Crippen molar-refractivity contribution in [2.24, 2.45) is 5.92 Å². The van der Waals surface area contributed by atoms with Crippen LogP contribution in [0.25, 0.3) is 0 Å². The molecule has 0 aliphatic carbocycles. The standard InChI is InChI=1S/C32H38N6O4/c1-4-37(19-25-11-13-34-14-12-25)20-30-22(2)18-38(23(3)21-39)31(40)16-26-15-28(9-10-29(26)42-30)36-32(41)35-27-7-5-24(17-33)6-8-27/h5-15,22-23,30,39H,4,16,18-21H2,1-3H3,(H2,35,36,41)/t22?,23-,30-/m0/s1. The fourth-order valence-corrected chi connectivity index (χ4v) is 4.95. The highest BCUT2D eigenvalue weighted by atomic mass is 16.5. The zero-order chi connectivity index (χ0) is 30.1. The highest BCUT2D eigenvalue weighted by molar-refractivity contribution is 6.00. The molecule has 0 radical (unpaired) electrons. The Morgan fingerprint density at radius 3 is 2.52 bits per heavy atom. The van der Waals surface area contributed by atoms with Gasteiger partial charge in [0.1, 0.15) is 11.9 Å². The maximum atomic E-state index is 13.5. The Morgan fingerprint density at radius 2 is 1.86 bits per heavy atom. The number of aliphatic hydroxyl groups excluding tert-OH is 1. The van der Waals surface area contributed by atoms with Crippen LogP contribution in [0.5, 0.6) is 5.75 Å². The quantitative estimate of drug-likeness (QED) is 0.350. The maximum Gasteiger partial charge on any atom is 0.323 e. The van der Waals surface area contributed by atoms with E-state index in [9.17, 15) is 14.7 Å². The second-order valence-corrected chi connectivity index (χ2v) is 10.7. The minimum atomic E-state index is -0.452. The molecule has 10 nitrogen and oxygen atoms in total. The Kier molecular flexibility index (Phi) is 10.5. The number of carbonyl (C=O) groups is 2. The fraction of sp³-hybridized carbons (Fsp3) is 0.375. The van der Waals surface area contributed by atoms with E-state index in [0.29, 0.717) is 41.3 Å². The Hall–Kier alpha value is -4.46. The number of amides is 3. The number of anilines is 2. The lowest BCUT2D eigenvalue weighted by molar-refractivity contribution is -0.134. The number of ether oxygens (including phenoxy) is 1. The second-order valence-electron chi connectivity index (χ2n) is 10.7. The molecule has 1 aromatic heterocycles. The number of nitrogens with one attached hydrogen (secondary N) is 2. The topological polar surface area (TPSA) is 131 Å². The molecule has 4 rings (SSSR count). The van der Waals surface area contributed by atoms with Gasteiger partial charge in [0.15, 0.2) is 0 Å². The van der Waals surface area contributed by atoms with Gasteiger partial charge in [0.25, 0.3) is 0 Å². The van der Waals surface area contributed by atoms with Crippen molar-refractivity contribution in [1.29, 1.82) is 5.26 Å². The lowest BCUT2D eigenvalue weighted by Gasteiger charge is -2.34. The highest BCUT2D eigenvalue weighted by Gasteiger charge is 2.31. The number of nitriles is 1. The lowest BCUT2D eigenvalue weighted by Crippen LogP contribution is -2.47. The van der Waals surface area contributed by atoms with Crippen molar-refractivity contribution >= 4 is 23.3 Å². The monoisotopic (exact) mass is 570 g/mol. The molecule has 220 valence electrons. The number of benzene rings is 2. The SMILES string of the molecule is CCN(Cc1ccncc1)C[C@@H]1Oc2ccc(NC(=O)Nc3ccc(C#N)cc3)cc2CC(=O)N([C@@H](C)CO)CC1C. The Labute approximate surface area is 246 Å². The summed E-state index contributed by atoms with van der Waals surface area (Å²) in [6.07, 6.45) is 3.41. The van der Waals surface area contributed by atoms with E-state index in [0.717, 1.165) is 18.7 Å². The second kappa shape index (κ2) is 14.4. The molecule has 0 bridgehead atoms. The molecule has 0 fully saturated rings. The average molecular weight is 571 g/mol. The van der Waals surface area contributed by atoms with Crippen molar-refractivity contribution in [3.8, 4) is 11.8 Å². The van der Waals surface area contributed by atoms with Gasteiger partial charge in [-0.25, -0.2) is 4.79 Å². The van der Waals surface area contributed by atoms with Crippen LogP contribution in [0.2, 0.25) is 0 Å². The number of urea groups is 1. The Morgan fingerprint density at radius 1 is 1.17 bits per heavy atom. The van der Waals surface area contributed by atoms with Gasteiger partial charge in [0.05, 0.1) is 30.7 Å². The minimum Gasteiger partial charge on any atom is -0.488 e. The predicted molar refractivity (Wildman–Crippen MR) is 161 cm³/mol. The Balaban J connectivity index is 1.57.